The van der Waals surface area contributed by atoms with Gasteiger partial charge in [0.2, 0.25) is 5.91 Å². The van der Waals surface area contributed by atoms with Crippen molar-refractivity contribution in [1.29, 1.82) is 0 Å². The van der Waals surface area contributed by atoms with E-state index in [0.717, 1.165) is 16.5 Å². The van der Waals surface area contributed by atoms with Crippen LogP contribution in [0.4, 0.5) is 11.4 Å². The summed E-state index contributed by atoms with van der Waals surface area (Å²) in [5.41, 5.74) is 2.36. The molecule has 0 bridgehead atoms. The van der Waals surface area contributed by atoms with Crippen molar-refractivity contribution in [3.05, 3.63) is 58.1 Å². The van der Waals surface area contributed by atoms with E-state index in [2.05, 4.69) is 26.6 Å². The number of carbonyl (C=O) groups is 4. The van der Waals surface area contributed by atoms with Gasteiger partial charge >= 0.3 is 11.9 Å². The number of rotatable bonds is 10. The van der Waals surface area contributed by atoms with Gasteiger partial charge < -0.3 is 20.1 Å². The Labute approximate surface area is 194 Å². The van der Waals surface area contributed by atoms with Crippen molar-refractivity contribution in [3.63, 3.8) is 0 Å². The van der Waals surface area contributed by atoms with Gasteiger partial charge in [0.1, 0.15) is 0 Å². The van der Waals surface area contributed by atoms with E-state index in [1.165, 1.54) is 0 Å². The SMILES string of the molecule is CCCOC(=O)c1ccc(NC(=O)CCC(=O)OCC(=O)Nc2ccc(Br)cc2C)cc1. The van der Waals surface area contributed by atoms with Gasteiger partial charge in [-0.1, -0.05) is 22.9 Å². The molecule has 32 heavy (non-hydrogen) atoms. The Hall–Kier alpha value is -3.20. The Morgan fingerprint density at radius 2 is 1.62 bits per heavy atom. The minimum absolute atomic E-state index is 0.105. The minimum atomic E-state index is -0.656. The fourth-order valence-electron chi connectivity index (χ4n) is 2.58. The zero-order valence-electron chi connectivity index (χ0n) is 17.9. The van der Waals surface area contributed by atoms with Crippen molar-refractivity contribution < 1.29 is 28.7 Å². The van der Waals surface area contributed by atoms with E-state index in [-0.39, 0.29) is 12.8 Å². The van der Waals surface area contributed by atoms with Gasteiger partial charge in [0.05, 0.1) is 18.6 Å². The van der Waals surface area contributed by atoms with E-state index in [1.807, 2.05) is 19.9 Å². The monoisotopic (exact) mass is 504 g/mol. The van der Waals surface area contributed by atoms with E-state index in [9.17, 15) is 19.2 Å². The number of anilines is 2. The molecule has 0 aliphatic rings. The van der Waals surface area contributed by atoms with Crippen LogP contribution < -0.4 is 10.6 Å². The summed E-state index contributed by atoms with van der Waals surface area (Å²) in [5.74, 6) is -1.94. The molecule has 0 aliphatic carbocycles. The Morgan fingerprint density at radius 1 is 0.906 bits per heavy atom. The molecule has 0 unspecified atom stereocenters. The molecule has 0 aromatic heterocycles. The third-order valence-corrected chi connectivity index (χ3v) is 4.72. The minimum Gasteiger partial charge on any atom is -0.462 e. The smallest absolute Gasteiger partial charge is 0.338 e. The molecule has 2 N–H and O–H groups in total. The number of halogens is 1. The highest BCUT2D eigenvalue weighted by Crippen LogP contribution is 2.20. The second-order valence-corrected chi connectivity index (χ2v) is 7.85. The maximum atomic E-state index is 12.0. The summed E-state index contributed by atoms with van der Waals surface area (Å²) >= 11 is 3.35. The molecule has 0 fully saturated rings. The Kier molecular flexibility index (Phi) is 9.87. The Bertz CT molecular complexity index is 975. The summed E-state index contributed by atoms with van der Waals surface area (Å²) in [5, 5.41) is 5.30. The third-order valence-electron chi connectivity index (χ3n) is 4.22. The van der Waals surface area contributed by atoms with Crippen molar-refractivity contribution in [3.8, 4) is 0 Å². The maximum absolute atomic E-state index is 12.0. The number of ether oxygens (including phenoxy) is 2. The fourth-order valence-corrected chi connectivity index (χ4v) is 3.05. The highest BCUT2D eigenvalue weighted by atomic mass is 79.9. The van der Waals surface area contributed by atoms with Crippen molar-refractivity contribution in [2.45, 2.75) is 33.1 Å². The summed E-state index contributed by atoms with van der Waals surface area (Å²) in [6, 6.07) is 11.6. The largest absolute Gasteiger partial charge is 0.462 e. The number of hydrogen-bond acceptors (Lipinski definition) is 6. The van der Waals surface area contributed by atoms with Gasteiger partial charge in [0.25, 0.3) is 5.91 Å². The second-order valence-electron chi connectivity index (χ2n) is 6.93. The Balaban J connectivity index is 1.70. The zero-order valence-corrected chi connectivity index (χ0v) is 19.5. The van der Waals surface area contributed by atoms with Crippen LogP contribution in [0.15, 0.2) is 46.9 Å². The first kappa shape index (κ1) is 25.1. The Morgan fingerprint density at radius 3 is 2.28 bits per heavy atom. The van der Waals surface area contributed by atoms with E-state index < -0.39 is 30.4 Å². The van der Waals surface area contributed by atoms with E-state index in [4.69, 9.17) is 9.47 Å². The van der Waals surface area contributed by atoms with Crippen molar-refractivity contribution in [1.82, 2.24) is 0 Å². The van der Waals surface area contributed by atoms with Gasteiger partial charge in [-0.2, -0.15) is 0 Å². The fraction of sp³-hybridized carbons (Fsp3) is 0.304. The van der Waals surface area contributed by atoms with Crippen LogP contribution in [0.2, 0.25) is 0 Å². The predicted octanol–water partition coefficient (Wildman–Crippen LogP) is 4.22. The quantitative estimate of drug-likeness (QED) is 0.468. The van der Waals surface area contributed by atoms with Crippen molar-refractivity contribution in [2.24, 2.45) is 0 Å². The summed E-state index contributed by atoms with van der Waals surface area (Å²) in [4.78, 5) is 47.6. The van der Waals surface area contributed by atoms with Crippen LogP contribution in [0.25, 0.3) is 0 Å². The molecular formula is C23H25BrN2O6. The molecule has 0 radical (unpaired) electrons. The van der Waals surface area contributed by atoms with E-state index >= 15 is 0 Å². The molecule has 2 rings (SSSR count). The first-order valence-electron chi connectivity index (χ1n) is 10.1. The van der Waals surface area contributed by atoms with Gasteiger partial charge in [-0.15, -0.1) is 0 Å². The average Bonchev–Trinajstić information content (AvgIpc) is 2.77. The molecule has 2 amide bonds. The number of nitrogens with one attached hydrogen (secondary N) is 2. The highest BCUT2D eigenvalue weighted by Gasteiger charge is 2.12. The lowest BCUT2D eigenvalue weighted by Crippen LogP contribution is -2.22. The number of benzene rings is 2. The number of hydrogen-bond donors (Lipinski definition) is 2. The zero-order chi connectivity index (χ0) is 23.5. The van der Waals surface area contributed by atoms with E-state index in [0.29, 0.717) is 23.5 Å². The molecule has 0 atom stereocenters. The van der Waals surface area contributed by atoms with E-state index in [1.54, 1.807) is 36.4 Å². The molecule has 0 saturated carbocycles. The molecule has 0 spiro atoms. The number of esters is 2. The van der Waals surface area contributed by atoms with Gasteiger partial charge in [-0.3, -0.25) is 14.4 Å². The standard InChI is InChI=1S/C23H25BrN2O6/c1-3-12-31-23(30)16-4-7-18(8-5-16)25-20(27)10-11-22(29)32-14-21(28)26-19-9-6-17(24)13-15(19)2/h4-9,13H,3,10-12,14H2,1-2H3,(H,25,27)(H,26,28). The number of aryl methyl sites for hydroxylation is 1. The summed E-state index contributed by atoms with van der Waals surface area (Å²) in [6.07, 6.45) is 0.461. The topological polar surface area (TPSA) is 111 Å². The number of amides is 2. The molecule has 2 aromatic carbocycles. The molecule has 0 heterocycles. The third kappa shape index (κ3) is 8.50. The molecule has 0 saturated heterocycles. The second kappa shape index (κ2) is 12.6. The van der Waals surface area contributed by atoms with Crippen LogP contribution in [0.3, 0.4) is 0 Å². The first-order valence-corrected chi connectivity index (χ1v) is 10.9. The molecule has 0 aliphatic heterocycles. The van der Waals surface area contributed by atoms with Crippen LogP contribution in [0.1, 0.15) is 42.1 Å². The van der Waals surface area contributed by atoms with Crippen LogP contribution in [0.5, 0.6) is 0 Å². The van der Waals surface area contributed by atoms with Crippen molar-refractivity contribution in [2.75, 3.05) is 23.8 Å². The van der Waals surface area contributed by atoms with Gasteiger partial charge in [0.15, 0.2) is 6.61 Å². The summed E-state index contributed by atoms with van der Waals surface area (Å²) < 4.78 is 10.9. The average molecular weight is 505 g/mol. The van der Waals surface area contributed by atoms with Crippen molar-refractivity contribution >= 4 is 51.1 Å². The maximum Gasteiger partial charge on any atom is 0.338 e. The lowest BCUT2D eigenvalue weighted by molar-refractivity contribution is -0.147. The molecule has 8 nitrogen and oxygen atoms in total. The lowest BCUT2D eigenvalue weighted by Gasteiger charge is -2.09. The lowest BCUT2D eigenvalue weighted by atomic mass is 10.2. The van der Waals surface area contributed by atoms with Crippen LogP contribution in [-0.2, 0) is 23.9 Å². The normalized spacial score (nSPS) is 10.2. The summed E-state index contributed by atoms with van der Waals surface area (Å²) in [6.45, 7) is 3.66. The van der Waals surface area contributed by atoms with Crippen LogP contribution in [0, 0.1) is 6.92 Å². The molecule has 2 aromatic rings. The molecule has 9 heteroatoms. The van der Waals surface area contributed by atoms with Crippen LogP contribution in [-0.4, -0.2) is 37.0 Å². The number of carbonyl (C=O) groups excluding carboxylic acids is 4. The predicted molar refractivity (Wildman–Crippen MR) is 123 cm³/mol. The van der Waals surface area contributed by atoms with Gasteiger partial charge in [-0.05, 0) is 61.4 Å². The first-order chi connectivity index (χ1) is 15.3. The van der Waals surface area contributed by atoms with Gasteiger partial charge in [-0.25, -0.2) is 4.79 Å². The van der Waals surface area contributed by atoms with Crippen LogP contribution >= 0.6 is 15.9 Å². The van der Waals surface area contributed by atoms with Gasteiger partial charge in [0, 0.05) is 22.3 Å². The highest BCUT2D eigenvalue weighted by molar-refractivity contribution is 9.10. The summed E-state index contributed by atoms with van der Waals surface area (Å²) in [7, 11) is 0. The molecule has 170 valence electrons. The molecular weight excluding hydrogens is 480 g/mol.